The minimum absolute atomic E-state index is 0.487. The molecule has 4 nitrogen and oxygen atoms in total. The third-order valence-corrected chi connectivity index (χ3v) is 4.36. The van der Waals surface area contributed by atoms with E-state index in [9.17, 15) is 0 Å². The van der Waals surface area contributed by atoms with E-state index < -0.39 is 0 Å². The van der Waals surface area contributed by atoms with E-state index in [1.165, 1.54) is 19.3 Å². The van der Waals surface area contributed by atoms with Gasteiger partial charge in [-0.3, -0.25) is 4.98 Å². The number of hydrogen-bond acceptors (Lipinski definition) is 4. The Hall–Kier alpha value is -2.75. The Bertz CT molecular complexity index is 845. The van der Waals surface area contributed by atoms with E-state index in [1.54, 1.807) is 6.20 Å². The smallest absolute Gasteiger partial charge is 0.222 e. The van der Waals surface area contributed by atoms with E-state index in [-0.39, 0.29) is 0 Å². The number of pyridine rings is 1. The van der Waals surface area contributed by atoms with Crippen LogP contribution in [0.5, 0.6) is 11.6 Å². The Kier molecular flexibility index (Phi) is 3.95. The van der Waals surface area contributed by atoms with Crippen LogP contribution in [-0.2, 0) is 0 Å². The highest BCUT2D eigenvalue weighted by atomic mass is 16.5. The molecule has 1 aromatic carbocycles. The summed E-state index contributed by atoms with van der Waals surface area (Å²) in [6, 6.07) is 14.0. The average molecular weight is 317 g/mol. The second kappa shape index (κ2) is 6.40. The summed E-state index contributed by atoms with van der Waals surface area (Å²) in [5, 5.41) is 0. The number of aryl methyl sites for hydroxylation is 1. The molecule has 3 aromatic rings. The van der Waals surface area contributed by atoms with Gasteiger partial charge in [-0.15, -0.1) is 0 Å². The molecule has 24 heavy (non-hydrogen) atoms. The van der Waals surface area contributed by atoms with E-state index in [4.69, 9.17) is 4.74 Å². The van der Waals surface area contributed by atoms with Gasteiger partial charge in [0, 0.05) is 29.4 Å². The topological polar surface area (TPSA) is 47.9 Å². The van der Waals surface area contributed by atoms with Gasteiger partial charge < -0.3 is 4.74 Å². The molecule has 0 amide bonds. The van der Waals surface area contributed by atoms with E-state index in [0.717, 1.165) is 22.6 Å². The van der Waals surface area contributed by atoms with Gasteiger partial charge in [-0.05, 0) is 31.4 Å². The van der Waals surface area contributed by atoms with E-state index in [0.29, 0.717) is 17.5 Å². The quantitative estimate of drug-likeness (QED) is 0.686. The Morgan fingerprint density at radius 1 is 0.958 bits per heavy atom. The number of nitrogens with zero attached hydrogens (tertiary/aromatic N) is 3. The first kappa shape index (κ1) is 14.8. The van der Waals surface area contributed by atoms with Crippen molar-refractivity contribution in [1.29, 1.82) is 0 Å². The van der Waals surface area contributed by atoms with Crippen LogP contribution in [0.2, 0.25) is 0 Å². The largest absolute Gasteiger partial charge is 0.437 e. The Morgan fingerprint density at radius 2 is 1.79 bits per heavy atom. The fourth-order valence-corrected chi connectivity index (χ4v) is 2.85. The molecule has 4 rings (SSSR count). The van der Waals surface area contributed by atoms with Crippen LogP contribution in [0.25, 0.3) is 11.1 Å². The predicted molar refractivity (Wildman–Crippen MR) is 93.1 cm³/mol. The van der Waals surface area contributed by atoms with Crippen molar-refractivity contribution in [2.24, 2.45) is 0 Å². The minimum atomic E-state index is 0.487. The van der Waals surface area contributed by atoms with Crippen LogP contribution in [0.1, 0.15) is 36.7 Å². The third kappa shape index (κ3) is 3.13. The number of benzene rings is 1. The summed E-state index contributed by atoms with van der Waals surface area (Å²) in [5.41, 5.74) is 3.08. The first-order valence-electron chi connectivity index (χ1n) is 8.32. The van der Waals surface area contributed by atoms with E-state index >= 15 is 0 Å². The van der Waals surface area contributed by atoms with Crippen molar-refractivity contribution in [3.8, 4) is 22.8 Å². The summed E-state index contributed by atoms with van der Waals surface area (Å²) in [6.45, 7) is 1.98. The van der Waals surface area contributed by atoms with Gasteiger partial charge in [0.25, 0.3) is 0 Å². The Balaban J connectivity index is 1.60. The molecule has 1 aliphatic rings. The van der Waals surface area contributed by atoms with Crippen LogP contribution in [-0.4, -0.2) is 15.0 Å². The summed E-state index contributed by atoms with van der Waals surface area (Å²) < 4.78 is 5.97. The lowest BCUT2D eigenvalue weighted by Crippen LogP contribution is -2.13. The molecule has 0 saturated heterocycles. The maximum Gasteiger partial charge on any atom is 0.222 e. The van der Waals surface area contributed by atoms with Gasteiger partial charge in [-0.1, -0.05) is 36.8 Å². The van der Waals surface area contributed by atoms with Crippen molar-refractivity contribution in [2.75, 3.05) is 0 Å². The molecule has 2 aromatic heterocycles. The van der Waals surface area contributed by atoms with Crippen LogP contribution in [0, 0.1) is 6.92 Å². The van der Waals surface area contributed by atoms with Crippen molar-refractivity contribution in [1.82, 2.24) is 15.0 Å². The molecule has 120 valence electrons. The first-order chi connectivity index (χ1) is 11.8. The van der Waals surface area contributed by atoms with Gasteiger partial charge in [-0.25, -0.2) is 4.98 Å². The lowest BCUT2D eigenvalue weighted by atomic mass is 9.85. The molecular formula is C20H19N3O. The second-order valence-corrected chi connectivity index (χ2v) is 6.21. The zero-order chi connectivity index (χ0) is 16.4. The molecule has 1 aliphatic carbocycles. The maximum absolute atomic E-state index is 5.97. The molecule has 0 aliphatic heterocycles. The number of hydrogen-bond donors (Lipinski definition) is 0. The standard InChI is InChI=1S/C20H19N3O/c1-14-10-19(23-20(22-14)16-8-5-9-16)24-18-11-17(12-21-13-18)15-6-3-2-4-7-15/h2-4,6-7,10-13,16H,5,8-9H2,1H3. The fourth-order valence-electron chi connectivity index (χ4n) is 2.85. The van der Waals surface area contributed by atoms with E-state index in [1.807, 2.05) is 43.5 Å². The van der Waals surface area contributed by atoms with Gasteiger partial charge in [0.05, 0.1) is 6.20 Å². The molecule has 0 radical (unpaired) electrons. The van der Waals surface area contributed by atoms with Crippen LogP contribution >= 0.6 is 0 Å². The lowest BCUT2D eigenvalue weighted by Gasteiger charge is -2.24. The molecule has 0 unspecified atom stereocenters. The van der Waals surface area contributed by atoms with Crippen LogP contribution in [0.4, 0.5) is 0 Å². The number of aromatic nitrogens is 3. The first-order valence-corrected chi connectivity index (χ1v) is 8.32. The molecular weight excluding hydrogens is 298 g/mol. The predicted octanol–water partition coefficient (Wildman–Crippen LogP) is 4.91. The van der Waals surface area contributed by atoms with Gasteiger partial charge in [0.2, 0.25) is 5.88 Å². The van der Waals surface area contributed by atoms with Crippen molar-refractivity contribution in [2.45, 2.75) is 32.1 Å². The van der Waals surface area contributed by atoms with Gasteiger partial charge >= 0.3 is 0 Å². The lowest BCUT2D eigenvalue weighted by molar-refractivity contribution is 0.389. The summed E-state index contributed by atoms with van der Waals surface area (Å²) >= 11 is 0. The van der Waals surface area contributed by atoms with Crippen molar-refractivity contribution >= 4 is 0 Å². The summed E-state index contributed by atoms with van der Waals surface area (Å²) in [5.74, 6) is 2.68. The molecule has 0 bridgehead atoms. The molecule has 1 fully saturated rings. The van der Waals surface area contributed by atoms with Gasteiger partial charge in [-0.2, -0.15) is 4.98 Å². The highest BCUT2D eigenvalue weighted by Gasteiger charge is 2.23. The minimum Gasteiger partial charge on any atom is -0.437 e. The zero-order valence-electron chi connectivity index (χ0n) is 13.6. The number of ether oxygens (including phenoxy) is 1. The number of rotatable bonds is 4. The van der Waals surface area contributed by atoms with Crippen LogP contribution < -0.4 is 4.74 Å². The SMILES string of the molecule is Cc1cc(Oc2cncc(-c3ccccc3)c2)nc(C2CCC2)n1. The Morgan fingerprint density at radius 3 is 2.54 bits per heavy atom. The van der Waals surface area contributed by atoms with Crippen molar-refractivity contribution in [3.05, 3.63) is 66.4 Å². The van der Waals surface area contributed by atoms with Crippen molar-refractivity contribution in [3.63, 3.8) is 0 Å². The summed E-state index contributed by atoms with van der Waals surface area (Å²) in [4.78, 5) is 13.4. The second-order valence-electron chi connectivity index (χ2n) is 6.21. The third-order valence-electron chi connectivity index (χ3n) is 4.36. The Labute approximate surface area is 141 Å². The van der Waals surface area contributed by atoms with Gasteiger partial charge in [0.15, 0.2) is 0 Å². The average Bonchev–Trinajstić information content (AvgIpc) is 2.54. The normalized spacial score (nSPS) is 14.2. The monoisotopic (exact) mass is 317 g/mol. The van der Waals surface area contributed by atoms with Crippen LogP contribution in [0.3, 0.4) is 0 Å². The van der Waals surface area contributed by atoms with E-state index in [2.05, 4.69) is 27.1 Å². The molecule has 1 saturated carbocycles. The molecule has 0 N–H and O–H groups in total. The molecule has 0 atom stereocenters. The highest BCUT2D eigenvalue weighted by Crippen LogP contribution is 2.35. The highest BCUT2D eigenvalue weighted by molar-refractivity contribution is 5.63. The summed E-state index contributed by atoms with van der Waals surface area (Å²) in [7, 11) is 0. The van der Waals surface area contributed by atoms with Crippen LogP contribution in [0.15, 0.2) is 54.9 Å². The summed E-state index contributed by atoms with van der Waals surface area (Å²) in [6.07, 6.45) is 7.17. The van der Waals surface area contributed by atoms with Gasteiger partial charge in [0.1, 0.15) is 11.6 Å². The zero-order valence-corrected chi connectivity index (χ0v) is 13.6. The molecule has 2 heterocycles. The molecule has 0 spiro atoms. The van der Waals surface area contributed by atoms with Crippen molar-refractivity contribution < 1.29 is 4.74 Å². The molecule has 4 heteroatoms. The fraction of sp³-hybridized carbons (Fsp3) is 0.250. The maximum atomic E-state index is 5.97.